The second-order valence-electron chi connectivity index (χ2n) is 5.39. The first kappa shape index (κ1) is 12.2. The molecule has 1 nitrogen and oxygen atoms in total. The first-order valence-corrected chi connectivity index (χ1v) is 8.99. The molecule has 0 bridgehead atoms. The van der Waals surface area contributed by atoms with Gasteiger partial charge < -0.3 is 0 Å². The Hall–Kier alpha value is -1.29. The lowest BCUT2D eigenvalue weighted by atomic mass is 10.1. The Kier molecular flexibility index (Phi) is 2.58. The van der Waals surface area contributed by atoms with Gasteiger partial charge >= 0.3 is 0 Å². The van der Waals surface area contributed by atoms with E-state index in [0.717, 1.165) is 22.9 Å². The number of hydrogen-bond acceptors (Lipinski definition) is 1. The Labute approximate surface area is 100 Å². The largest absolute Gasteiger partial charge is 0.289 e. The van der Waals surface area contributed by atoms with Gasteiger partial charge in [0.2, 0.25) is 0 Å². The number of Topliss-reactive ketones (excluding diaryl/α,β-unsaturated/α-hetero) is 1. The summed E-state index contributed by atoms with van der Waals surface area (Å²) in [6.45, 7) is 7.99. The summed E-state index contributed by atoms with van der Waals surface area (Å²) in [4.78, 5) is 12.2. The van der Waals surface area contributed by atoms with Crippen molar-refractivity contribution in [2.75, 3.05) is 0 Å². The van der Waals surface area contributed by atoms with Crippen molar-refractivity contribution in [3.05, 3.63) is 40.1 Å². The Morgan fingerprint density at radius 2 is 1.47 bits per heavy atom. The van der Waals surface area contributed by atoms with E-state index in [0.29, 0.717) is 11.1 Å². The molecule has 0 aromatic heterocycles. The Morgan fingerprint density at radius 3 is 1.94 bits per heavy atom. The number of fused-ring (bicyclic) bond motifs is 1. The number of carbonyl (C=O) groups is 1. The van der Waals surface area contributed by atoms with E-state index >= 15 is 0 Å². The van der Waals surface area contributed by atoms with Crippen molar-refractivity contribution in [2.45, 2.75) is 26.6 Å². The average molecular weight is 252 g/mol. The highest BCUT2D eigenvalue weighted by atomic mass is 28.3. The molecule has 2 rings (SSSR count). The fourth-order valence-electron chi connectivity index (χ4n) is 2.39. The summed E-state index contributed by atoms with van der Waals surface area (Å²) in [6, 6.07) is 2.15. The molecule has 1 aliphatic carbocycles. The van der Waals surface area contributed by atoms with Gasteiger partial charge in [0.05, 0.1) is 8.07 Å². The third-order valence-electron chi connectivity index (χ3n) is 3.06. The van der Waals surface area contributed by atoms with E-state index in [9.17, 15) is 13.6 Å². The first-order chi connectivity index (χ1) is 7.73. The van der Waals surface area contributed by atoms with Crippen LogP contribution in [0.1, 0.15) is 22.8 Å². The van der Waals surface area contributed by atoms with Crippen LogP contribution in [0.2, 0.25) is 19.6 Å². The second kappa shape index (κ2) is 3.60. The van der Waals surface area contributed by atoms with E-state index in [-0.39, 0.29) is 5.78 Å². The molecule has 90 valence electrons. The monoisotopic (exact) mass is 252 g/mol. The van der Waals surface area contributed by atoms with Crippen molar-refractivity contribution in [1.29, 1.82) is 0 Å². The molecular weight excluding hydrogens is 238 g/mol. The molecule has 0 heterocycles. The maximum absolute atomic E-state index is 13.2. The van der Waals surface area contributed by atoms with Crippen LogP contribution in [-0.2, 0) is 0 Å². The number of ketones is 1. The zero-order chi connectivity index (χ0) is 13.0. The number of halogens is 2. The highest BCUT2D eigenvalue weighted by Gasteiger charge is 2.36. The Balaban J connectivity index is 2.70. The lowest BCUT2D eigenvalue weighted by molar-refractivity contribution is 0.104. The Bertz CT molecular complexity index is 553. The van der Waals surface area contributed by atoms with E-state index in [1.807, 2.05) is 6.92 Å². The normalized spacial score (nSPS) is 15.5. The number of benzene rings is 1. The zero-order valence-electron chi connectivity index (χ0n) is 10.3. The smallest absolute Gasteiger partial charge is 0.186 e. The molecule has 0 atom stereocenters. The van der Waals surface area contributed by atoms with Crippen molar-refractivity contribution in [3.8, 4) is 0 Å². The van der Waals surface area contributed by atoms with Crippen LogP contribution in [0.3, 0.4) is 0 Å². The zero-order valence-corrected chi connectivity index (χ0v) is 11.3. The molecule has 0 amide bonds. The maximum Gasteiger partial charge on any atom is 0.186 e. The summed E-state index contributed by atoms with van der Waals surface area (Å²) in [5, 5.41) is 0.775. The van der Waals surface area contributed by atoms with E-state index in [1.165, 1.54) is 0 Å². The van der Waals surface area contributed by atoms with Gasteiger partial charge in [-0.25, -0.2) is 8.78 Å². The van der Waals surface area contributed by atoms with Crippen LogP contribution in [0.4, 0.5) is 8.78 Å². The van der Waals surface area contributed by atoms with Crippen molar-refractivity contribution in [2.24, 2.45) is 0 Å². The number of rotatable bonds is 1. The molecule has 0 saturated heterocycles. The number of allylic oxidation sites excluding steroid dienone is 2. The molecule has 0 aliphatic heterocycles. The van der Waals surface area contributed by atoms with Gasteiger partial charge in [-0.1, -0.05) is 19.6 Å². The third kappa shape index (κ3) is 1.76. The molecule has 0 radical (unpaired) electrons. The Morgan fingerprint density at radius 1 is 1.00 bits per heavy atom. The van der Waals surface area contributed by atoms with Gasteiger partial charge in [-0.2, -0.15) is 0 Å². The van der Waals surface area contributed by atoms with Gasteiger partial charge in [0.15, 0.2) is 17.4 Å². The second-order valence-corrected chi connectivity index (χ2v) is 10.4. The van der Waals surface area contributed by atoms with Gasteiger partial charge in [-0.3, -0.25) is 4.79 Å². The van der Waals surface area contributed by atoms with Gasteiger partial charge in [0.25, 0.3) is 0 Å². The summed E-state index contributed by atoms with van der Waals surface area (Å²) in [5.41, 5.74) is 1.66. The molecule has 17 heavy (non-hydrogen) atoms. The van der Waals surface area contributed by atoms with Crippen LogP contribution in [0.15, 0.2) is 17.3 Å². The molecule has 0 unspecified atom stereocenters. The minimum absolute atomic E-state index is 0.129. The number of carbonyl (C=O) groups excluding carboxylic acids is 1. The molecule has 1 aromatic rings. The molecule has 1 aromatic carbocycles. The quantitative estimate of drug-likeness (QED) is 0.695. The van der Waals surface area contributed by atoms with Gasteiger partial charge in [-0.15, -0.1) is 0 Å². The lowest BCUT2D eigenvalue weighted by Crippen LogP contribution is -2.28. The van der Waals surface area contributed by atoms with Gasteiger partial charge in [-0.05, 0) is 35.4 Å². The standard InChI is InChI=1S/C13H14F2OSi/c1-7-8-5-10(14)11(15)6-9(8)12(16)13(7)17(2,3)4/h5-6H,1-4H3. The van der Waals surface area contributed by atoms with E-state index in [4.69, 9.17) is 0 Å². The average Bonchev–Trinajstić information content (AvgIpc) is 2.40. The topological polar surface area (TPSA) is 17.1 Å². The maximum atomic E-state index is 13.2. The molecule has 0 N–H and O–H groups in total. The summed E-state index contributed by atoms with van der Waals surface area (Å²) >= 11 is 0. The molecule has 4 heteroatoms. The number of hydrogen-bond donors (Lipinski definition) is 0. The highest BCUT2D eigenvalue weighted by Crippen LogP contribution is 2.37. The fourth-order valence-corrected chi connectivity index (χ4v) is 4.46. The third-order valence-corrected chi connectivity index (χ3v) is 5.16. The molecule has 1 aliphatic rings. The van der Waals surface area contributed by atoms with Crippen molar-refractivity contribution >= 4 is 19.4 Å². The summed E-state index contributed by atoms with van der Waals surface area (Å²) < 4.78 is 26.4. The minimum Gasteiger partial charge on any atom is -0.289 e. The van der Waals surface area contributed by atoms with Crippen molar-refractivity contribution in [1.82, 2.24) is 0 Å². The fraction of sp³-hybridized carbons (Fsp3) is 0.308. The predicted octanol–water partition coefficient (Wildman–Crippen LogP) is 3.81. The predicted molar refractivity (Wildman–Crippen MR) is 66.6 cm³/mol. The van der Waals surface area contributed by atoms with Crippen LogP contribution in [0.5, 0.6) is 0 Å². The van der Waals surface area contributed by atoms with Crippen LogP contribution < -0.4 is 0 Å². The van der Waals surface area contributed by atoms with Crippen LogP contribution in [0.25, 0.3) is 5.57 Å². The lowest BCUT2D eigenvalue weighted by Gasteiger charge is -2.17. The molecule has 0 saturated carbocycles. The van der Waals surface area contributed by atoms with Gasteiger partial charge in [0.1, 0.15) is 0 Å². The van der Waals surface area contributed by atoms with Gasteiger partial charge in [0, 0.05) is 5.56 Å². The van der Waals surface area contributed by atoms with E-state index < -0.39 is 19.7 Å². The van der Waals surface area contributed by atoms with Crippen LogP contribution >= 0.6 is 0 Å². The molecular formula is C13H14F2OSi. The minimum atomic E-state index is -1.80. The van der Waals surface area contributed by atoms with Crippen molar-refractivity contribution < 1.29 is 13.6 Å². The van der Waals surface area contributed by atoms with E-state index in [1.54, 1.807) is 0 Å². The summed E-state index contributed by atoms with van der Waals surface area (Å²) in [5.74, 6) is -1.98. The molecule has 0 fully saturated rings. The summed E-state index contributed by atoms with van der Waals surface area (Å²) in [6.07, 6.45) is 0. The first-order valence-electron chi connectivity index (χ1n) is 5.49. The molecule has 0 spiro atoms. The van der Waals surface area contributed by atoms with E-state index in [2.05, 4.69) is 19.6 Å². The van der Waals surface area contributed by atoms with Crippen LogP contribution in [-0.4, -0.2) is 13.9 Å². The highest BCUT2D eigenvalue weighted by molar-refractivity contribution is 6.89. The summed E-state index contributed by atoms with van der Waals surface area (Å²) in [7, 11) is -1.80. The van der Waals surface area contributed by atoms with Crippen molar-refractivity contribution in [3.63, 3.8) is 0 Å². The SMILES string of the molecule is CC1=C([Si](C)(C)C)C(=O)c2cc(F)c(F)cc21. The van der Waals surface area contributed by atoms with Crippen LogP contribution in [0, 0.1) is 11.6 Å².